The predicted molar refractivity (Wildman–Crippen MR) is 94.4 cm³/mol. The molecule has 2 heterocycles. The van der Waals surface area contributed by atoms with Gasteiger partial charge in [-0.1, -0.05) is 17.7 Å². The molecule has 0 aliphatic carbocycles. The van der Waals surface area contributed by atoms with Crippen LogP contribution in [0.2, 0.25) is 5.02 Å². The van der Waals surface area contributed by atoms with Gasteiger partial charge in [0.1, 0.15) is 0 Å². The number of aromatic nitrogens is 2. The molecule has 0 radical (unpaired) electrons. The molecule has 3 aromatic rings. The molecule has 4 rings (SSSR count). The normalized spacial score (nSPS) is 13.6. The lowest BCUT2D eigenvalue weighted by atomic mass is 10.1. The number of anilines is 1. The van der Waals surface area contributed by atoms with Crippen LogP contribution in [0.1, 0.15) is 28.2 Å². The molecule has 5 nitrogen and oxygen atoms in total. The molecule has 26 heavy (non-hydrogen) atoms. The number of hydrogen-bond acceptors (Lipinski definition) is 4. The number of hydrogen-bond donors (Lipinski definition) is 0. The standard InChI is InChI=1S/C17H9BrClF2N3O2/c18-12-4-3-10(19)6-13(12)24-7-9-2-1-8(5-11(9)17(24)25)15-22-23-16(26-15)14(20)21/h1-6,14H,7H2. The van der Waals surface area contributed by atoms with E-state index in [9.17, 15) is 13.6 Å². The minimum atomic E-state index is -2.84. The van der Waals surface area contributed by atoms with Crippen molar-refractivity contribution >= 4 is 39.1 Å². The SMILES string of the molecule is O=C1c2cc(-c3nnc(C(F)F)o3)ccc2CN1c1cc(Cl)ccc1Br. The maximum absolute atomic E-state index is 12.8. The highest BCUT2D eigenvalue weighted by Crippen LogP contribution is 2.36. The molecule has 9 heteroatoms. The van der Waals surface area contributed by atoms with Gasteiger partial charge < -0.3 is 9.32 Å². The first kappa shape index (κ1) is 17.1. The summed E-state index contributed by atoms with van der Waals surface area (Å²) in [5.74, 6) is -1.03. The summed E-state index contributed by atoms with van der Waals surface area (Å²) in [6.45, 7) is 0.375. The number of carbonyl (C=O) groups excluding carboxylic acids is 1. The van der Waals surface area contributed by atoms with Crippen molar-refractivity contribution in [2.75, 3.05) is 4.90 Å². The molecule has 0 unspecified atom stereocenters. The Balaban J connectivity index is 1.70. The number of amides is 1. The lowest BCUT2D eigenvalue weighted by Crippen LogP contribution is -2.23. The summed E-state index contributed by atoms with van der Waals surface area (Å²) in [5.41, 5.74) is 2.31. The number of alkyl halides is 2. The molecule has 1 aliphatic rings. The van der Waals surface area contributed by atoms with Crippen LogP contribution in [0.5, 0.6) is 0 Å². The molecule has 2 aromatic carbocycles. The largest absolute Gasteiger partial charge is 0.415 e. The Labute approximate surface area is 159 Å². The molecule has 0 fully saturated rings. The van der Waals surface area contributed by atoms with E-state index in [-0.39, 0.29) is 11.8 Å². The monoisotopic (exact) mass is 439 g/mol. The summed E-state index contributed by atoms with van der Waals surface area (Å²) in [4.78, 5) is 14.4. The minimum absolute atomic E-state index is 0.0571. The van der Waals surface area contributed by atoms with Crippen LogP contribution in [0, 0.1) is 0 Å². The average Bonchev–Trinajstić information content (AvgIpc) is 3.23. The van der Waals surface area contributed by atoms with E-state index in [4.69, 9.17) is 16.0 Å². The minimum Gasteiger partial charge on any atom is -0.415 e. The summed E-state index contributed by atoms with van der Waals surface area (Å²) in [7, 11) is 0. The predicted octanol–water partition coefficient (Wildman–Crippen LogP) is 5.25. The van der Waals surface area contributed by atoms with Crippen LogP contribution in [0.4, 0.5) is 14.5 Å². The number of fused-ring (bicyclic) bond motifs is 1. The first-order valence-corrected chi connectivity index (χ1v) is 8.63. The Bertz CT molecular complexity index is 1020. The van der Waals surface area contributed by atoms with Gasteiger partial charge in [0.25, 0.3) is 11.8 Å². The molecule has 0 atom stereocenters. The second kappa shape index (κ2) is 6.44. The number of rotatable bonds is 3. The van der Waals surface area contributed by atoms with Gasteiger partial charge in [-0.3, -0.25) is 4.79 Å². The van der Waals surface area contributed by atoms with Crippen molar-refractivity contribution in [1.29, 1.82) is 0 Å². The van der Waals surface area contributed by atoms with E-state index in [2.05, 4.69) is 26.1 Å². The highest BCUT2D eigenvalue weighted by atomic mass is 79.9. The second-order valence-electron chi connectivity index (χ2n) is 5.61. The molecule has 1 aromatic heterocycles. The van der Waals surface area contributed by atoms with Crippen molar-refractivity contribution in [3.63, 3.8) is 0 Å². The third-order valence-corrected chi connectivity index (χ3v) is 4.89. The molecular formula is C17H9BrClF2N3O2. The number of benzene rings is 2. The van der Waals surface area contributed by atoms with Crippen molar-refractivity contribution in [2.45, 2.75) is 13.0 Å². The van der Waals surface area contributed by atoms with E-state index in [0.717, 1.165) is 10.0 Å². The lowest BCUT2D eigenvalue weighted by molar-refractivity contribution is 0.0996. The fourth-order valence-corrected chi connectivity index (χ4v) is 3.39. The highest BCUT2D eigenvalue weighted by molar-refractivity contribution is 9.10. The van der Waals surface area contributed by atoms with E-state index >= 15 is 0 Å². The van der Waals surface area contributed by atoms with E-state index in [1.54, 1.807) is 41.3 Å². The molecule has 1 aliphatic heterocycles. The van der Waals surface area contributed by atoms with Gasteiger partial charge in [-0.25, -0.2) is 0 Å². The van der Waals surface area contributed by atoms with Crippen molar-refractivity contribution in [3.8, 4) is 11.5 Å². The van der Waals surface area contributed by atoms with Crippen LogP contribution in [-0.4, -0.2) is 16.1 Å². The first-order valence-electron chi connectivity index (χ1n) is 7.46. The lowest BCUT2D eigenvalue weighted by Gasteiger charge is -2.17. The van der Waals surface area contributed by atoms with Gasteiger partial charge in [-0.05, 0) is 51.8 Å². The van der Waals surface area contributed by atoms with Crippen molar-refractivity contribution < 1.29 is 18.0 Å². The van der Waals surface area contributed by atoms with E-state index in [1.807, 2.05) is 0 Å². The third kappa shape index (κ3) is 2.89. The average molecular weight is 441 g/mol. The van der Waals surface area contributed by atoms with Gasteiger partial charge in [0.2, 0.25) is 5.89 Å². The molecule has 0 N–H and O–H groups in total. The summed E-state index contributed by atoms with van der Waals surface area (Å²) < 4.78 is 30.9. The van der Waals surface area contributed by atoms with Crippen molar-refractivity contribution in [1.82, 2.24) is 10.2 Å². The Morgan fingerprint density at radius 2 is 2.00 bits per heavy atom. The summed E-state index contributed by atoms with van der Waals surface area (Å²) in [5, 5.41) is 7.43. The number of nitrogens with zero attached hydrogens (tertiary/aromatic N) is 3. The molecule has 0 bridgehead atoms. The van der Waals surface area contributed by atoms with Gasteiger partial charge in [0.05, 0.1) is 12.2 Å². The van der Waals surface area contributed by atoms with Crippen LogP contribution < -0.4 is 4.90 Å². The smallest absolute Gasteiger partial charge is 0.314 e. The molecular weight excluding hydrogens is 432 g/mol. The van der Waals surface area contributed by atoms with E-state index in [1.165, 1.54) is 0 Å². The first-order chi connectivity index (χ1) is 12.4. The Morgan fingerprint density at radius 1 is 1.19 bits per heavy atom. The zero-order valence-electron chi connectivity index (χ0n) is 12.9. The quantitative estimate of drug-likeness (QED) is 0.558. The van der Waals surface area contributed by atoms with Gasteiger partial charge in [-0.2, -0.15) is 8.78 Å². The van der Waals surface area contributed by atoms with Gasteiger partial charge in [-0.15, -0.1) is 10.2 Å². The molecule has 0 saturated carbocycles. The molecule has 0 saturated heterocycles. The van der Waals surface area contributed by atoms with Gasteiger partial charge >= 0.3 is 6.43 Å². The zero-order valence-corrected chi connectivity index (χ0v) is 15.3. The van der Waals surface area contributed by atoms with Crippen LogP contribution in [-0.2, 0) is 6.54 Å². The molecule has 0 spiro atoms. The second-order valence-corrected chi connectivity index (χ2v) is 6.90. The van der Waals surface area contributed by atoms with Crippen molar-refractivity contribution in [3.05, 3.63) is 62.9 Å². The fourth-order valence-electron chi connectivity index (χ4n) is 2.76. The van der Waals surface area contributed by atoms with E-state index in [0.29, 0.717) is 28.4 Å². The summed E-state index contributed by atoms with van der Waals surface area (Å²) in [6.07, 6.45) is -2.84. The Morgan fingerprint density at radius 3 is 2.73 bits per heavy atom. The highest BCUT2D eigenvalue weighted by Gasteiger charge is 2.30. The molecule has 132 valence electrons. The maximum Gasteiger partial charge on any atom is 0.314 e. The van der Waals surface area contributed by atoms with Crippen LogP contribution in [0.3, 0.4) is 0 Å². The van der Waals surface area contributed by atoms with Crippen LogP contribution in [0.15, 0.2) is 45.3 Å². The van der Waals surface area contributed by atoms with E-state index < -0.39 is 12.3 Å². The molecule has 1 amide bonds. The topological polar surface area (TPSA) is 59.2 Å². The zero-order chi connectivity index (χ0) is 18.4. The third-order valence-electron chi connectivity index (χ3n) is 3.99. The van der Waals surface area contributed by atoms with Gasteiger partial charge in [0.15, 0.2) is 0 Å². The summed E-state index contributed by atoms with van der Waals surface area (Å²) in [6, 6.07) is 10.2. The van der Waals surface area contributed by atoms with Crippen molar-refractivity contribution in [2.24, 2.45) is 0 Å². The number of halogens is 4. The maximum atomic E-state index is 12.8. The summed E-state index contributed by atoms with van der Waals surface area (Å²) >= 11 is 9.46. The van der Waals surface area contributed by atoms with Crippen LogP contribution >= 0.6 is 27.5 Å². The number of carbonyl (C=O) groups is 1. The Hall–Kier alpha value is -2.32. The van der Waals surface area contributed by atoms with Gasteiger partial charge in [0, 0.05) is 20.6 Å². The fraction of sp³-hybridized carbons (Fsp3) is 0.118. The van der Waals surface area contributed by atoms with Crippen LogP contribution in [0.25, 0.3) is 11.5 Å². The Kier molecular flexibility index (Phi) is 4.24.